The van der Waals surface area contributed by atoms with Gasteiger partial charge in [0.1, 0.15) is 12.4 Å². The Balaban J connectivity index is 1.53. The molecule has 0 bridgehead atoms. The molecule has 24 heavy (non-hydrogen) atoms. The highest BCUT2D eigenvalue weighted by molar-refractivity contribution is 5.76. The van der Waals surface area contributed by atoms with Crippen molar-refractivity contribution in [2.45, 2.75) is 32.4 Å². The zero-order chi connectivity index (χ0) is 16.6. The van der Waals surface area contributed by atoms with Crippen molar-refractivity contribution in [2.75, 3.05) is 0 Å². The van der Waals surface area contributed by atoms with Crippen molar-refractivity contribution in [1.82, 2.24) is 5.32 Å². The molecule has 124 valence electrons. The van der Waals surface area contributed by atoms with E-state index >= 15 is 0 Å². The standard InChI is InChI=1S/C21H23NO2/c23-21(14-17-8-4-5-9-17)22-15-18-10-6-7-11-19(18)16-24-20-12-2-1-3-13-20/h1-4,6-8,10-13,17H,5,9,14-16H2,(H,22,23). The molecule has 1 atom stereocenters. The highest BCUT2D eigenvalue weighted by Gasteiger charge is 2.14. The SMILES string of the molecule is O=C(CC1C=CCC1)NCc1ccccc1COc1ccccc1. The normalized spacial score (nSPS) is 16.1. The number of benzene rings is 2. The third kappa shape index (κ3) is 4.72. The van der Waals surface area contributed by atoms with Gasteiger partial charge < -0.3 is 10.1 Å². The Bertz CT molecular complexity index is 694. The van der Waals surface area contributed by atoms with E-state index in [-0.39, 0.29) is 5.91 Å². The lowest BCUT2D eigenvalue weighted by Gasteiger charge is -2.13. The first-order valence-electron chi connectivity index (χ1n) is 8.49. The number of rotatable bonds is 7. The van der Waals surface area contributed by atoms with Gasteiger partial charge in [0, 0.05) is 13.0 Å². The lowest BCUT2D eigenvalue weighted by atomic mass is 10.0. The molecule has 1 unspecified atom stereocenters. The number of hydrogen-bond acceptors (Lipinski definition) is 2. The Morgan fingerprint density at radius 2 is 1.79 bits per heavy atom. The first-order valence-corrected chi connectivity index (χ1v) is 8.49. The molecular weight excluding hydrogens is 298 g/mol. The first-order chi connectivity index (χ1) is 11.8. The molecule has 1 N–H and O–H groups in total. The Hall–Kier alpha value is -2.55. The molecule has 3 rings (SSSR count). The molecule has 2 aromatic rings. The number of ether oxygens (including phenoxy) is 1. The van der Waals surface area contributed by atoms with Gasteiger partial charge >= 0.3 is 0 Å². The highest BCUT2D eigenvalue weighted by atomic mass is 16.5. The molecule has 1 aliphatic carbocycles. The minimum absolute atomic E-state index is 0.116. The Kier molecular flexibility index (Phi) is 5.67. The van der Waals surface area contributed by atoms with Crippen molar-refractivity contribution in [3.63, 3.8) is 0 Å². The molecule has 0 saturated heterocycles. The zero-order valence-electron chi connectivity index (χ0n) is 13.8. The molecule has 0 fully saturated rings. The van der Waals surface area contributed by atoms with E-state index in [1.807, 2.05) is 54.6 Å². The van der Waals surface area contributed by atoms with Gasteiger partial charge in [0.05, 0.1) is 0 Å². The molecule has 0 radical (unpaired) electrons. The van der Waals surface area contributed by atoms with Crippen molar-refractivity contribution in [1.29, 1.82) is 0 Å². The maximum atomic E-state index is 12.1. The van der Waals surface area contributed by atoms with Gasteiger partial charge in [0.15, 0.2) is 0 Å². The molecule has 2 aromatic carbocycles. The predicted octanol–water partition coefficient (Wildman–Crippen LogP) is 4.24. The molecule has 0 heterocycles. The van der Waals surface area contributed by atoms with Gasteiger partial charge in [0.25, 0.3) is 0 Å². The molecule has 0 spiro atoms. The van der Waals surface area contributed by atoms with Crippen LogP contribution in [-0.4, -0.2) is 5.91 Å². The van der Waals surface area contributed by atoms with Crippen LogP contribution in [0.4, 0.5) is 0 Å². The van der Waals surface area contributed by atoms with E-state index in [0.717, 1.165) is 29.7 Å². The van der Waals surface area contributed by atoms with E-state index in [1.54, 1.807) is 0 Å². The van der Waals surface area contributed by atoms with Crippen LogP contribution in [0.1, 0.15) is 30.4 Å². The van der Waals surface area contributed by atoms with Gasteiger partial charge in [-0.3, -0.25) is 4.79 Å². The summed E-state index contributed by atoms with van der Waals surface area (Å²) in [6, 6.07) is 17.8. The second kappa shape index (κ2) is 8.34. The molecular formula is C21H23NO2. The Morgan fingerprint density at radius 1 is 1.04 bits per heavy atom. The summed E-state index contributed by atoms with van der Waals surface area (Å²) in [6.07, 6.45) is 7.08. The molecule has 0 aliphatic heterocycles. The molecule has 1 aliphatic rings. The molecule has 3 heteroatoms. The maximum absolute atomic E-state index is 12.1. The zero-order valence-corrected chi connectivity index (χ0v) is 13.8. The summed E-state index contributed by atoms with van der Waals surface area (Å²) in [7, 11) is 0. The van der Waals surface area contributed by atoms with Crippen molar-refractivity contribution in [2.24, 2.45) is 5.92 Å². The number of para-hydroxylation sites is 1. The van der Waals surface area contributed by atoms with Crippen LogP contribution in [0.5, 0.6) is 5.75 Å². The number of nitrogens with one attached hydrogen (secondary N) is 1. The quantitative estimate of drug-likeness (QED) is 0.775. The average molecular weight is 321 g/mol. The molecule has 3 nitrogen and oxygen atoms in total. The Morgan fingerprint density at radius 3 is 2.54 bits per heavy atom. The van der Waals surface area contributed by atoms with Crippen molar-refractivity contribution >= 4 is 5.91 Å². The van der Waals surface area contributed by atoms with Crippen molar-refractivity contribution in [3.05, 3.63) is 77.9 Å². The van der Waals surface area contributed by atoms with Crippen LogP contribution in [0, 0.1) is 5.92 Å². The average Bonchev–Trinajstić information content (AvgIpc) is 3.13. The number of amides is 1. The van der Waals surface area contributed by atoms with Gasteiger partial charge in [-0.05, 0) is 42.0 Å². The summed E-state index contributed by atoms with van der Waals surface area (Å²) in [6.45, 7) is 1.05. The summed E-state index contributed by atoms with van der Waals surface area (Å²) in [5, 5.41) is 3.04. The predicted molar refractivity (Wildman–Crippen MR) is 95.5 cm³/mol. The number of carbonyl (C=O) groups excluding carboxylic acids is 1. The second-order valence-corrected chi connectivity index (χ2v) is 6.12. The lowest BCUT2D eigenvalue weighted by Crippen LogP contribution is -2.25. The van der Waals surface area contributed by atoms with E-state index in [4.69, 9.17) is 4.74 Å². The largest absolute Gasteiger partial charge is 0.489 e. The van der Waals surface area contributed by atoms with E-state index in [1.165, 1.54) is 0 Å². The third-order valence-electron chi connectivity index (χ3n) is 4.29. The van der Waals surface area contributed by atoms with Crippen LogP contribution >= 0.6 is 0 Å². The highest BCUT2D eigenvalue weighted by Crippen LogP contribution is 2.20. The smallest absolute Gasteiger partial charge is 0.220 e. The second-order valence-electron chi connectivity index (χ2n) is 6.12. The monoisotopic (exact) mass is 321 g/mol. The fourth-order valence-corrected chi connectivity index (χ4v) is 2.92. The Labute approximate surface area is 143 Å². The summed E-state index contributed by atoms with van der Waals surface area (Å²) in [4.78, 5) is 12.1. The topological polar surface area (TPSA) is 38.3 Å². The van der Waals surface area contributed by atoms with E-state index in [2.05, 4.69) is 17.5 Å². The van der Waals surface area contributed by atoms with Gasteiger partial charge in [-0.25, -0.2) is 0 Å². The maximum Gasteiger partial charge on any atom is 0.220 e. The van der Waals surface area contributed by atoms with E-state index in [9.17, 15) is 4.79 Å². The fourth-order valence-electron chi connectivity index (χ4n) is 2.92. The van der Waals surface area contributed by atoms with Crippen LogP contribution in [0.25, 0.3) is 0 Å². The summed E-state index contributed by atoms with van der Waals surface area (Å²) in [5.41, 5.74) is 2.20. The van der Waals surface area contributed by atoms with Gasteiger partial charge in [0.2, 0.25) is 5.91 Å². The molecule has 0 aromatic heterocycles. The third-order valence-corrected chi connectivity index (χ3v) is 4.29. The molecule has 1 amide bonds. The summed E-state index contributed by atoms with van der Waals surface area (Å²) >= 11 is 0. The van der Waals surface area contributed by atoms with Crippen LogP contribution in [0.3, 0.4) is 0 Å². The summed E-state index contributed by atoms with van der Waals surface area (Å²) < 4.78 is 5.83. The number of allylic oxidation sites excluding steroid dienone is 2. The van der Waals surface area contributed by atoms with Crippen molar-refractivity contribution < 1.29 is 9.53 Å². The van der Waals surface area contributed by atoms with Crippen LogP contribution in [0.2, 0.25) is 0 Å². The van der Waals surface area contributed by atoms with E-state index in [0.29, 0.717) is 25.5 Å². The first kappa shape index (κ1) is 16.3. The van der Waals surface area contributed by atoms with E-state index < -0.39 is 0 Å². The number of hydrogen-bond donors (Lipinski definition) is 1. The van der Waals surface area contributed by atoms with Crippen molar-refractivity contribution in [3.8, 4) is 5.75 Å². The van der Waals surface area contributed by atoms with Crippen LogP contribution < -0.4 is 10.1 Å². The lowest BCUT2D eigenvalue weighted by molar-refractivity contribution is -0.121. The van der Waals surface area contributed by atoms with Gasteiger partial charge in [-0.15, -0.1) is 0 Å². The fraction of sp³-hybridized carbons (Fsp3) is 0.286. The van der Waals surface area contributed by atoms with Crippen LogP contribution in [0.15, 0.2) is 66.7 Å². The number of carbonyl (C=O) groups is 1. The minimum Gasteiger partial charge on any atom is -0.489 e. The van der Waals surface area contributed by atoms with Gasteiger partial charge in [-0.2, -0.15) is 0 Å². The van der Waals surface area contributed by atoms with Gasteiger partial charge in [-0.1, -0.05) is 54.6 Å². The minimum atomic E-state index is 0.116. The van der Waals surface area contributed by atoms with Crippen LogP contribution in [-0.2, 0) is 17.9 Å². The summed E-state index contributed by atoms with van der Waals surface area (Å²) in [5.74, 6) is 1.37. The molecule has 0 saturated carbocycles.